The summed E-state index contributed by atoms with van der Waals surface area (Å²) in [5.74, 6) is 3.31. The van der Waals surface area contributed by atoms with Crippen molar-refractivity contribution in [2.24, 2.45) is 0 Å². The molecule has 1 aromatic carbocycles. The molecule has 2 rings (SSSR count). The lowest BCUT2D eigenvalue weighted by Gasteiger charge is -2.31. The molecule has 0 spiro atoms. The maximum atomic E-state index is 12.3. The standard InChI is InChI=1S/C17H18BrNO2/c1-4-10-21-13-6-7-14(12(3)11-13)16-9-8-15(18)17(20)19(16)5-2/h1,6-7,9,11,15H,5,8,10H2,2-3H3. The summed E-state index contributed by atoms with van der Waals surface area (Å²) in [4.78, 5) is 13.9. The third-order valence-corrected chi connectivity index (χ3v) is 4.22. The van der Waals surface area contributed by atoms with Crippen LogP contribution in [0.5, 0.6) is 5.75 Å². The fourth-order valence-corrected chi connectivity index (χ4v) is 2.87. The lowest BCUT2D eigenvalue weighted by molar-refractivity contribution is -0.127. The monoisotopic (exact) mass is 347 g/mol. The molecule has 4 heteroatoms. The van der Waals surface area contributed by atoms with E-state index in [4.69, 9.17) is 11.2 Å². The second-order valence-corrected chi connectivity index (χ2v) is 5.95. The van der Waals surface area contributed by atoms with Crippen molar-refractivity contribution >= 4 is 27.5 Å². The Bertz CT molecular complexity index is 616. The van der Waals surface area contributed by atoms with Gasteiger partial charge in [0.1, 0.15) is 12.4 Å². The number of nitrogens with zero attached hydrogens (tertiary/aromatic N) is 1. The number of benzene rings is 1. The zero-order valence-corrected chi connectivity index (χ0v) is 13.8. The zero-order valence-electron chi connectivity index (χ0n) is 12.2. The molecule has 1 aliphatic rings. The van der Waals surface area contributed by atoms with Gasteiger partial charge in [-0.25, -0.2) is 0 Å². The molecule has 110 valence electrons. The van der Waals surface area contributed by atoms with E-state index in [1.165, 1.54) is 0 Å². The summed E-state index contributed by atoms with van der Waals surface area (Å²) in [5, 5.41) is 0. The van der Waals surface area contributed by atoms with Gasteiger partial charge in [0.25, 0.3) is 0 Å². The zero-order chi connectivity index (χ0) is 15.4. The predicted octanol–water partition coefficient (Wildman–Crippen LogP) is 3.36. The van der Waals surface area contributed by atoms with E-state index in [2.05, 4.69) is 27.9 Å². The van der Waals surface area contributed by atoms with Crippen LogP contribution in [-0.2, 0) is 4.79 Å². The molecule has 1 aliphatic heterocycles. The Morgan fingerprint density at radius 1 is 1.52 bits per heavy atom. The topological polar surface area (TPSA) is 29.5 Å². The number of carbonyl (C=O) groups excluding carboxylic acids is 1. The Morgan fingerprint density at radius 3 is 2.90 bits per heavy atom. The van der Waals surface area contributed by atoms with Crippen LogP contribution in [0.1, 0.15) is 24.5 Å². The highest BCUT2D eigenvalue weighted by atomic mass is 79.9. The van der Waals surface area contributed by atoms with Gasteiger partial charge in [0.05, 0.1) is 4.83 Å². The molecule has 21 heavy (non-hydrogen) atoms. The van der Waals surface area contributed by atoms with Crippen molar-refractivity contribution in [2.45, 2.75) is 25.1 Å². The normalized spacial score (nSPS) is 18.2. The minimum Gasteiger partial charge on any atom is -0.481 e. The number of alkyl halides is 1. The highest BCUT2D eigenvalue weighted by Gasteiger charge is 2.28. The molecule has 1 aromatic rings. The minimum absolute atomic E-state index is 0.113. The lowest BCUT2D eigenvalue weighted by Crippen LogP contribution is -2.38. The molecule has 0 saturated carbocycles. The Morgan fingerprint density at radius 2 is 2.29 bits per heavy atom. The van der Waals surface area contributed by atoms with Crippen LogP contribution in [0.15, 0.2) is 24.3 Å². The third-order valence-electron chi connectivity index (χ3n) is 3.46. The second-order valence-electron chi connectivity index (χ2n) is 4.84. The summed E-state index contributed by atoms with van der Waals surface area (Å²) in [6, 6.07) is 5.82. The van der Waals surface area contributed by atoms with Crippen LogP contribution in [0.3, 0.4) is 0 Å². The average Bonchev–Trinajstić information content (AvgIpc) is 2.48. The number of ether oxygens (including phenoxy) is 1. The lowest BCUT2D eigenvalue weighted by atomic mass is 10.00. The van der Waals surface area contributed by atoms with E-state index in [0.717, 1.165) is 22.6 Å². The molecule has 0 bridgehead atoms. The van der Waals surface area contributed by atoms with Crippen molar-refractivity contribution in [2.75, 3.05) is 13.2 Å². The molecular formula is C17H18BrNO2. The van der Waals surface area contributed by atoms with Crippen LogP contribution in [-0.4, -0.2) is 28.8 Å². The summed E-state index contributed by atoms with van der Waals surface area (Å²) in [6.07, 6.45) is 8.01. The van der Waals surface area contributed by atoms with E-state index in [9.17, 15) is 4.79 Å². The Labute approximate surface area is 134 Å². The Kier molecular flexibility index (Phi) is 5.08. The van der Waals surface area contributed by atoms with Gasteiger partial charge >= 0.3 is 0 Å². The molecule has 0 saturated heterocycles. The van der Waals surface area contributed by atoms with Crippen LogP contribution in [0.2, 0.25) is 0 Å². The second kappa shape index (κ2) is 6.82. The molecule has 3 nitrogen and oxygen atoms in total. The SMILES string of the molecule is C#CCOc1ccc(C2=CCC(Br)C(=O)N2CC)c(C)c1. The van der Waals surface area contributed by atoms with E-state index in [1.807, 2.05) is 36.9 Å². The van der Waals surface area contributed by atoms with Crippen molar-refractivity contribution in [3.63, 3.8) is 0 Å². The van der Waals surface area contributed by atoms with Crippen molar-refractivity contribution in [1.82, 2.24) is 4.90 Å². The molecule has 0 fully saturated rings. The third kappa shape index (κ3) is 3.30. The van der Waals surface area contributed by atoms with Crippen LogP contribution < -0.4 is 4.74 Å². The molecule has 1 amide bonds. The van der Waals surface area contributed by atoms with Crippen molar-refractivity contribution in [1.29, 1.82) is 0 Å². The van der Waals surface area contributed by atoms with E-state index in [1.54, 1.807) is 0 Å². The van der Waals surface area contributed by atoms with Gasteiger partial charge in [-0.15, -0.1) is 6.42 Å². The maximum absolute atomic E-state index is 12.3. The first-order chi connectivity index (χ1) is 10.1. The summed E-state index contributed by atoms with van der Waals surface area (Å²) in [5.41, 5.74) is 3.09. The highest BCUT2D eigenvalue weighted by Crippen LogP contribution is 2.31. The fourth-order valence-electron chi connectivity index (χ4n) is 2.43. The molecule has 0 aromatic heterocycles. The van der Waals surface area contributed by atoms with Crippen molar-refractivity contribution in [3.8, 4) is 18.1 Å². The van der Waals surface area contributed by atoms with Crippen molar-refractivity contribution < 1.29 is 9.53 Å². The van der Waals surface area contributed by atoms with Gasteiger partial charge in [0.15, 0.2) is 0 Å². The van der Waals surface area contributed by atoms with Gasteiger partial charge in [0.2, 0.25) is 5.91 Å². The molecule has 0 aliphatic carbocycles. The molecule has 1 unspecified atom stereocenters. The molecule has 1 atom stereocenters. The van der Waals surface area contributed by atoms with Gasteiger partial charge in [0, 0.05) is 17.8 Å². The molecule has 1 heterocycles. The quantitative estimate of drug-likeness (QED) is 0.617. The largest absolute Gasteiger partial charge is 0.481 e. The van der Waals surface area contributed by atoms with E-state index in [-0.39, 0.29) is 17.3 Å². The van der Waals surface area contributed by atoms with Gasteiger partial charge in [-0.2, -0.15) is 0 Å². The smallest absolute Gasteiger partial charge is 0.241 e. The van der Waals surface area contributed by atoms with Crippen LogP contribution >= 0.6 is 15.9 Å². The van der Waals surface area contributed by atoms with Gasteiger partial charge in [-0.3, -0.25) is 4.79 Å². The van der Waals surface area contributed by atoms with Crippen LogP contribution in [0.4, 0.5) is 0 Å². The first kappa shape index (κ1) is 15.7. The Balaban J connectivity index is 2.33. The number of allylic oxidation sites excluding steroid dienone is 1. The number of rotatable bonds is 4. The number of hydrogen-bond donors (Lipinski definition) is 0. The number of halogens is 1. The van der Waals surface area contributed by atoms with Gasteiger partial charge in [-0.1, -0.05) is 27.9 Å². The first-order valence-corrected chi connectivity index (χ1v) is 7.83. The van der Waals surface area contributed by atoms with E-state index < -0.39 is 0 Å². The summed E-state index contributed by atoms with van der Waals surface area (Å²) in [6.45, 7) is 4.90. The number of terminal acetylenes is 1. The molecule has 0 radical (unpaired) electrons. The van der Waals surface area contributed by atoms with E-state index >= 15 is 0 Å². The van der Waals surface area contributed by atoms with Gasteiger partial charge < -0.3 is 9.64 Å². The molecule has 0 N–H and O–H groups in total. The van der Waals surface area contributed by atoms with Crippen LogP contribution in [0.25, 0.3) is 5.70 Å². The average molecular weight is 348 g/mol. The van der Waals surface area contributed by atoms with E-state index in [0.29, 0.717) is 13.0 Å². The number of carbonyl (C=O) groups is 1. The number of amides is 1. The minimum atomic E-state index is -0.125. The maximum Gasteiger partial charge on any atom is 0.241 e. The summed E-state index contributed by atoms with van der Waals surface area (Å²) in [7, 11) is 0. The highest BCUT2D eigenvalue weighted by molar-refractivity contribution is 9.10. The van der Waals surface area contributed by atoms with Crippen LogP contribution in [0, 0.1) is 19.3 Å². The predicted molar refractivity (Wildman–Crippen MR) is 88.2 cm³/mol. The number of aryl methyl sites for hydroxylation is 1. The van der Waals surface area contributed by atoms with Gasteiger partial charge in [-0.05, 0) is 44.0 Å². The Hall–Kier alpha value is -1.73. The van der Waals surface area contributed by atoms with Crippen molar-refractivity contribution in [3.05, 3.63) is 35.4 Å². The molecular weight excluding hydrogens is 330 g/mol. The fraction of sp³-hybridized carbons (Fsp3) is 0.353. The number of hydrogen-bond acceptors (Lipinski definition) is 2. The first-order valence-electron chi connectivity index (χ1n) is 6.91. The summed E-state index contributed by atoms with van der Waals surface area (Å²) >= 11 is 3.42. The summed E-state index contributed by atoms with van der Waals surface area (Å²) < 4.78 is 5.43.